The van der Waals surface area contributed by atoms with Crippen molar-refractivity contribution in [3.8, 4) is 5.75 Å². The second kappa shape index (κ2) is 11.2. The Morgan fingerprint density at radius 3 is 1.56 bits per heavy atom. The number of phenolic OH excluding ortho intramolecular Hbond substituents is 1. The van der Waals surface area contributed by atoms with Gasteiger partial charge in [-0.2, -0.15) is 0 Å². The number of hydrogen-bond acceptors (Lipinski definition) is 3. The highest BCUT2D eigenvalue weighted by Crippen LogP contribution is 2.77. The Bertz CT molecular complexity index is 1020. The van der Waals surface area contributed by atoms with Crippen LogP contribution in [-0.4, -0.2) is 17.4 Å². The van der Waals surface area contributed by atoms with Gasteiger partial charge in [-0.3, -0.25) is 0 Å². The summed E-state index contributed by atoms with van der Waals surface area (Å²) in [5.74, 6) is 0.0674. The van der Waals surface area contributed by atoms with Crippen molar-refractivity contribution in [2.45, 2.75) is 44.9 Å². The van der Waals surface area contributed by atoms with Crippen LogP contribution in [0.1, 0.15) is 50.5 Å². The molecule has 170 valence electrons. The molecule has 0 aliphatic carbocycles. The van der Waals surface area contributed by atoms with Crippen LogP contribution in [0.3, 0.4) is 0 Å². The van der Waals surface area contributed by atoms with Crippen LogP contribution >= 0.6 is 14.3 Å². The zero-order chi connectivity index (χ0) is 23.0. The number of benzene rings is 3. The predicted molar refractivity (Wildman–Crippen MR) is 138 cm³/mol. The normalized spacial score (nSPS) is 13.1. The third-order valence-corrected chi connectivity index (χ3v) is 14.7. The van der Waals surface area contributed by atoms with Crippen molar-refractivity contribution in [3.63, 3.8) is 0 Å². The highest BCUT2D eigenvalue weighted by Gasteiger charge is 2.48. The smallest absolute Gasteiger partial charge is 0.157 e. The standard InChI is InChI=1S/C27H34O3P2/c1-3-5-21-31(29,22-6-4-2)27(25-19-13-14-20-26(25)28)32(30,23-15-9-7-10-16-23)24-17-11-8-12-18-24/h7-20,27-28H,3-6,21-22H2,1-2H3. The lowest BCUT2D eigenvalue weighted by molar-refractivity contribution is 0.468. The molecule has 5 heteroatoms. The molecule has 3 rings (SSSR count). The lowest BCUT2D eigenvalue weighted by Crippen LogP contribution is -2.23. The molecule has 3 aromatic carbocycles. The molecular weight excluding hydrogens is 434 g/mol. The second-order valence-electron chi connectivity index (χ2n) is 8.37. The summed E-state index contributed by atoms with van der Waals surface area (Å²) >= 11 is 0. The van der Waals surface area contributed by atoms with Crippen molar-refractivity contribution < 1.29 is 14.2 Å². The lowest BCUT2D eigenvalue weighted by atomic mass is 10.2. The summed E-state index contributed by atoms with van der Waals surface area (Å²) < 4.78 is 30.3. The fourth-order valence-corrected chi connectivity index (χ4v) is 14.1. The molecule has 0 aliphatic heterocycles. The first kappa shape index (κ1) is 24.6. The van der Waals surface area contributed by atoms with Crippen molar-refractivity contribution in [1.82, 2.24) is 0 Å². The highest BCUT2D eigenvalue weighted by molar-refractivity contribution is 7.89. The summed E-state index contributed by atoms with van der Waals surface area (Å²) in [7, 11) is -6.40. The molecular formula is C27H34O3P2. The number of para-hydroxylation sites is 1. The lowest BCUT2D eigenvalue weighted by Gasteiger charge is -2.36. The number of rotatable bonds is 11. The van der Waals surface area contributed by atoms with Crippen molar-refractivity contribution >= 4 is 24.9 Å². The molecule has 0 aliphatic rings. The Morgan fingerprint density at radius 1 is 0.688 bits per heavy atom. The molecule has 0 fully saturated rings. The van der Waals surface area contributed by atoms with Gasteiger partial charge in [-0.25, -0.2) is 0 Å². The zero-order valence-electron chi connectivity index (χ0n) is 19.1. The van der Waals surface area contributed by atoms with Gasteiger partial charge in [0.05, 0.1) is 0 Å². The third-order valence-electron chi connectivity index (χ3n) is 6.06. The van der Waals surface area contributed by atoms with Gasteiger partial charge in [-0.05, 0) is 18.9 Å². The van der Waals surface area contributed by atoms with E-state index < -0.39 is 19.7 Å². The molecule has 0 saturated heterocycles. The first-order valence-corrected chi connectivity index (χ1v) is 15.5. The molecule has 32 heavy (non-hydrogen) atoms. The van der Waals surface area contributed by atoms with E-state index in [1.165, 1.54) is 0 Å². The molecule has 0 spiro atoms. The van der Waals surface area contributed by atoms with E-state index in [0.717, 1.165) is 25.7 Å². The van der Waals surface area contributed by atoms with Crippen LogP contribution in [0.25, 0.3) is 0 Å². The quantitative estimate of drug-likeness (QED) is 0.299. The van der Waals surface area contributed by atoms with Crippen molar-refractivity contribution in [1.29, 1.82) is 0 Å². The maximum atomic E-state index is 15.4. The van der Waals surface area contributed by atoms with E-state index in [0.29, 0.717) is 28.5 Å². The van der Waals surface area contributed by atoms with E-state index in [1.807, 2.05) is 72.8 Å². The fourth-order valence-electron chi connectivity index (χ4n) is 4.39. The van der Waals surface area contributed by atoms with Gasteiger partial charge in [0.1, 0.15) is 18.3 Å². The maximum absolute atomic E-state index is 15.4. The molecule has 3 nitrogen and oxygen atoms in total. The number of phenols is 1. The van der Waals surface area contributed by atoms with Crippen LogP contribution in [0.4, 0.5) is 0 Å². The molecule has 0 saturated carbocycles. The molecule has 0 radical (unpaired) electrons. The predicted octanol–water partition coefficient (Wildman–Crippen LogP) is 7.37. The Morgan fingerprint density at radius 2 is 1.12 bits per heavy atom. The minimum atomic E-state index is -3.41. The Labute approximate surface area is 192 Å². The molecule has 0 heterocycles. The van der Waals surface area contributed by atoms with Crippen LogP contribution in [0.15, 0.2) is 84.9 Å². The number of unbranched alkanes of at least 4 members (excludes halogenated alkanes) is 2. The molecule has 3 aromatic rings. The van der Waals surface area contributed by atoms with Gasteiger partial charge in [-0.1, -0.05) is 106 Å². The average molecular weight is 469 g/mol. The van der Waals surface area contributed by atoms with E-state index in [2.05, 4.69) is 13.8 Å². The molecule has 0 amide bonds. The SMILES string of the molecule is CCCCP(=O)(CCCC)C(c1ccccc1O)P(=O)(c1ccccc1)c1ccccc1. The molecule has 1 N–H and O–H groups in total. The van der Waals surface area contributed by atoms with Gasteiger partial charge in [0.15, 0.2) is 7.14 Å². The van der Waals surface area contributed by atoms with Crippen LogP contribution in [0.2, 0.25) is 0 Å². The van der Waals surface area contributed by atoms with Crippen LogP contribution in [0, 0.1) is 0 Å². The molecule has 1 atom stereocenters. The largest absolute Gasteiger partial charge is 0.508 e. The molecule has 1 unspecified atom stereocenters. The van der Waals surface area contributed by atoms with Crippen LogP contribution in [0.5, 0.6) is 5.75 Å². The van der Waals surface area contributed by atoms with Gasteiger partial charge in [0.2, 0.25) is 0 Å². The monoisotopic (exact) mass is 468 g/mol. The third kappa shape index (κ3) is 5.11. The van der Waals surface area contributed by atoms with E-state index in [-0.39, 0.29) is 5.75 Å². The Kier molecular flexibility index (Phi) is 8.57. The van der Waals surface area contributed by atoms with Crippen molar-refractivity contribution in [2.75, 3.05) is 12.3 Å². The minimum absolute atomic E-state index is 0.0674. The first-order chi connectivity index (χ1) is 15.5. The van der Waals surface area contributed by atoms with Gasteiger partial charge >= 0.3 is 0 Å². The summed E-state index contributed by atoms with van der Waals surface area (Å²) in [5.41, 5.74) is 0.541. The molecule has 0 bridgehead atoms. The number of hydrogen-bond donors (Lipinski definition) is 1. The summed E-state index contributed by atoms with van der Waals surface area (Å²) in [6, 6.07) is 25.9. The number of aromatic hydroxyl groups is 1. The second-order valence-corrected chi connectivity index (χ2v) is 15.0. The summed E-state index contributed by atoms with van der Waals surface area (Å²) in [6.07, 6.45) is 4.54. The topological polar surface area (TPSA) is 54.4 Å². The maximum Gasteiger partial charge on any atom is 0.157 e. The zero-order valence-corrected chi connectivity index (χ0v) is 20.8. The van der Waals surface area contributed by atoms with Gasteiger partial charge in [0.25, 0.3) is 0 Å². The van der Waals surface area contributed by atoms with Crippen LogP contribution < -0.4 is 10.6 Å². The highest BCUT2D eigenvalue weighted by atomic mass is 31.2. The first-order valence-electron chi connectivity index (χ1n) is 11.5. The Hall–Kier alpha value is -2.08. The Balaban J connectivity index is 2.36. The fraction of sp³-hybridized carbons (Fsp3) is 0.333. The van der Waals surface area contributed by atoms with Crippen molar-refractivity contribution in [2.24, 2.45) is 0 Å². The van der Waals surface area contributed by atoms with Gasteiger partial charge in [-0.15, -0.1) is 0 Å². The van der Waals surface area contributed by atoms with E-state index in [1.54, 1.807) is 12.1 Å². The van der Waals surface area contributed by atoms with Crippen LogP contribution in [-0.2, 0) is 9.13 Å². The van der Waals surface area contributed by atoms with E-state index in [4.69, 9.17) is 0 Å². The van der Waals surface area contributed by atoms with Gasteiger partial charge in [0, 0.05) is 28.5 Å². The summed E-state index contributed by atoms with van der Waals surface area (Å²) in [6.45, 7) is 4.18. The molecule has 0 aromatic heterocycles. The summed E-state index contributed by atoms with van der Waals surface area (Å²) in [4.78, 5) is 0. The summed E-state index contributed by atoms with van der Waals surface area (Å²) in [5, 5.41) is 11.5. The van der Waals surface area contributed by atoms with Crippen molar-refractivity contribution in [3.05, 3.63) is 90.5 Å². The van der Waals surface area contributed by atoms with Gasteiger partial charge < -0.3 is 14.2 Å². The minimum Gasteiger partial charge on any atom is -0.508 e. The van der Waals surface area contributed by atoms with E-state index in [9.17, 15) is 9.67 Å². The average Bonchev–Trinajstić information content (AvgIpc) is 2.84. The van der Waals surface area contributed by atoms with E-state index >= 15 is 4.57 Å².